The Morgan fingerprint density at radius 1 is 1.07 bits per heavy atom. The molecule has 0 bridgehead atoms. The normalized spacial score (nSPS) is 16.3. The van der Waals surface area contributed by atoms with Crippen LogP contribution in [0, 0.1) is 0 Å². The Labute approximate surface area is 169 Å². The molecule has 1 aliphatic carbocycles. The summed E-state index contributed by atoms with van der Waals surface area (Å²) in [4.78, 5) is 13.1. The van der Waals surface area contributed by atoms with E-state index in [1.807, 2.05) is 61.5 Å². The van der Waals surface area contributed by atoms with E-state index in [4.69, 9.17) is 14.6 Å². The van der Waals surface area contributed by atoms with E-state index >= 15 is 0 Å². The summed E-state index contributed by atoms with van der Waals surface area (Å²) in [6, 6.07) is 17.3. The van der Waals surface area contributed by atoms with Crippen molar-refractivity contribution in [2.75, 3.05) is 13.2 Å². The molecule has 6 nitrogen and oxygen atoms in total. The van der Waals surface area contributed by atoms with E-state index < -0.39 is 0 Å². The summed E-state index contributed by atoms with van der Waals surface area (Å²) in [5.74, 6) is 1.80. The molecule has 1 atom stereocenters. The third-order valence-corrected chi connectivity index (χ3v) is 5.37. The number of para-hydroxylation sites is 1. The van der Waals surface area contributed by atoms with Gasteiger partial charge in [0.25, 0.3) is 5.91 Å². The van der Waals surface area contributed by atoms with Gasteiger partial charge in [-0.2, -0.15) is 5.10 Å². The van der Waals surface area contributed by atoms with Gasteiger partial charge in [-0.25, -0.2) is 4.68 Å². The minimum Gasteiger partial charge on any atom is -0.486 e. The third kappa shape index (κ3) is 3.58. The van der Waals surface area contributed by atoms with Crippen molar-refractivity contribution >= 4 is 5.91 Å². The van der Waals surface area contributed by atoms with Gasteiger partial charge in [0.05, 0.1) is 17.4 Å². The minimum atomic E-state index is -0.179. The van der Waals surface area contributed by atoms with Crippen molar-refractivity contribution in [3.8, 4) is 17.2 Å². The molecular weight excluding hydrogens is 366 g/mol. The lowest BCUT2D eigenvalue weighted by Gasteiger charge is -2.21. The highest BCUT2D eigenvalue weighted by atomic mass is 16.6. The molecule has 5 rings (SSSR count). The molecule has 1 N–H and O–H groups in total. The Hall–Kier alpha value is -3.28. The first-order chi connectivity index (χ1) is 14.2. The van der Waals surface area contributed by atoms with Gasteiger partial charge in [-0.3, -0.25) is 4.79 Å². The predicted molar refractivity (Wildman–Crippen MR) is 109 cm³/mol. The number of nitrogens with zero attached hydrogens (tertiary/aromatic N) is 2. The van der Waals surface area contributed by atoms with E-state index in [2.05, 4.69) is 5.32 Å². The van der Waals surface area contributed by atoms with Gasteiger partial charge in [0, 0.05) is 5.92 Å². The van der Waals surface area contributed by atoms with Crippen molar-refractivity contribution in [3.63, 3.8) is 0 Å². The van der Waals surface area contributed by atoms with E-state index in [0.717, 1.165) is 41.3 Å². The van der Waals surface area contributed by atoms with E-state index in [0.29, 0.717) is 24.8 Å². The molecule has 3 aromatic rings. The molecule has 0 saturated heterocycles. The fraction of sp³-hybridized carbons (Fsp3) is 0.304. The summed E-state index contributed by atoms with van der Waals surface area (Å²) in [7, 11) is 0. The monoisotopic (exact) mass is 389 g/mol. The van der Waals surface area contributed by atoms with Gasteiger partial charge in [-0.15, -0.1) is 0 Å². The molecule has 1 amide bonds. The molecule has 148 valence electrons. The molecule has 29 heavy (non-hydrogen) atoms. The van der Waals surface area contributed by atoms with Crippen LogP contribution < -0.4 is 14.8 Å². The maximum absolute atomic E-state index is 13.1. The van der Waals surface area contributed by atoms with Crippen LogP contribution in [0.5, 0.6) is 11.5 Å². The van der Waals surface area contributed by atoms with Crippen LogP contribution in [-0.4, -0.2) is 28.9 Å². The average Bonchev–Trinajstić information content (AvgIpc) is 3.52. The number of amides is 1. The number of rotatable bonds is 5. The SMILES string of the molecule is C[C@H](NC(=O)c1cc(C2CC2)nn1-c1ccccc1)c1ccc2c(c1)OCCO2. The number of hydrogen-bond acceptors (Lipinski definition) is 4. The lowest BCUT2D eigenvalue weighted by molar-refractivity contribution is 0.0932. The topological polar surface area (TPSA) is 65.4 Å². The fourth-order valence-electron chi connectivity index (χ4n) is 3.59. The van der Waals surface area contributed by atoms with Crippen molar-refractivity contribution in [1.29, 1.82) is 0 Å². The van der Waals surface area contributed by atoms with E-state index in [9.17, 15) is 4.79 Å². The smallest absolute Gasteiger partial charge is 0.270 e. The van der Waals surface area contributed by atoms with E-state index in [1.54, 1.807) is 4.68 Å². The quantitative estimate of drug-likeness (QED) is 0.716. The zero-order chi connectivity index (χ0) is 19.8. The fourth-order valence-corrected chi connectivity index (χ4v) is 3.59. The van der Waals surface area contributed by atoms with Gasteiger partial charge in [0.1, 0.15) is 18.9 Å². The average molecular weight is 389 g/mol. The molecule has 1 saturated carbocycles. The lowest BCUT2D eigenvalue weighted by Crippen LogP contribution is -2.28. The molecule has 0 radical (unpaired) electrons. The number of carbonyl (C=O) groups excluding carboxylic acids is 1. The number of hydrogen-bond donors (Lipinski definition) is 1. The molecule has 2 aromatic carbocycles. The first-order valence-corrected chi connectivity index (χ1v) is 10.0. The van der Waals surface area contributed by atoms with Crippen LogP contribution in [0.25, 0.3) is 5.69 Å². The van der Waals surface area contributed by atoms with Crippen LogP contribution in [0.2, 0.25) is 0 Å². The molecule has 1 aliphatic heterocycles. The van der Waals surface area contributed by atoms with Crippen molar-refractivity contribution in [3.05, 3.63) is 71.5 Å². The van der Waals surface area contributed by atoms with Crippen LogP contribution in [-0.2, 0) is 0 Å². The molecule has 6 heteroatoms. The van der Waals surface area contributed by atoms with Crippen LogP contribution in [0.1, 0.15) is 53.5 Å². The number of carbonyl (C=O) groups is 1. The second-order valence-electron chi connectivity index (χ2n) is 7.57. The first kappa shape index (κ1) is 17.8. The summed E-state index contributed by atoms with van der Waals surface area (Å²) in [6.07, 6.45) is 2.28. The van der Waals surface area contributed by atoms with Crippen LogP contribution in [0.15, 0.2) is 54.6 Å². The van der Waals surface area contributed by atoms with E-state index in [-0.39, 0.29) is 11.9 Å². The van der Waals surface area contributed by atoms with Gasteiger partial charge in [-0.05, 0) is 55.7 Å². The zero-order valence-corrected chi connectivity index (χ0v) is 16.3. The highest BCUT2D eigenvalue weighted by molar-refractivity contribution is 5.93. The summed E-state index contributed by atoms with van der Waals surface area (Å²) in [5.41, 5.74) is 3.40. The molecule has 0 spiro atoms. The Morgan fingerprint density at radius 2 is 1.83 bits per heavy atom. The third-order valence-electron chi connectivity index (χ3n) is 5.37. The van der Waals surface area contributed by atoms with Gasteiger partial charge >= 0.3 is 0 Å². The van der Waals surface area contributed by atoms with Crippen molar-refractivity contribution in [2.45, 2.75) is 31.7 Å². The second-order valence-corrected chi connectivity index (χ2v) is 7.57. The maximum atomic E-state index is 13.1. The predicted octanol–water partition coefficient (Wildman–Crippen LogP) is 4.01. The Balaban J connectivity index is 1.40. The number of nitrogens with one attached hydrogen (secondary N) is 1. The molecular formula is C23H23N3O3. The summed E-state index contributed by atoms with van der Waals surface area (Å²) >= 11 is 0. The van der Waals surface area contributed by atoms with Gasteiger partial charge < -0.3 is 14.8 Å². The number of ether oxygens (including phenoxy) is 2. The second kappa shape index (κ2) is 7.28. The Kier molecular flexibility index (Phi) is 4.46. The summed E-state index contributed by atoms with van der Waals surface area (Å²) in [6.45, 7) is 3.07. The van der Waals surface area contributed by atoms with E-state index in [1.165, 1.54) is 0 Å². The molecule has 1 fully saturated rings. The number of fused-ring (bicyclic) bond motifs is 1. The highest BCUT2D eigenvalue weighted by Crippen LogP contribution is 2.40. The Bertz CT molecular complexity index is 1040. The molecule has 0 unspecified atom stereocenters. The van der Waals surface area contributed by atoms with Gasteiger partial charge in [0.15, 0.2) is 11.5 Å². The molecule has 2 heterocycles. The minimum absolute atomic E-state index is 0.143. The summed E-state index contributed by atoms with van der Waals surface area (Å²) < 4.78 is 13.0. The number of benzene rings is 2. The van der Waals surface area contributed by atoms with Crippen molar-refractivity contribution in [2.24, 2.45) is 0 Å². The zero-order valence-electron chi connectivity index (χ0n) is 16.3. The van der Waals surface area contributed by atoms with Crippen LogP contribution in [0.3, 0.4) is 0 Å². The largest absolute Gasteiger partial charge is 0.486 e. The lowest BCUT2D eigenvalue weighted by atomic mass is 10.1. The van der Waals surface area contributed by atoms with Crippen LogP contribution >= 0.6 is 0 Å². The maximum Gasteiger partial charge on any atom is 0.270 e. The first-order valence-electron chi connectivity index (χ1n) is 10.0. The molecule has 2 aliphatic rings. The van der Waals surface area contributed by atoms with Crippen molar-refractivity contribution < 1.29 is 14.3 Å². The number of aromatic nitrogens is 2. The van der Waals surface area contributed by atoms with Gasteiger partial charge in [-0.1, -0.05) is 24.3 Å². The molecule has 1 aromatic heterocycles. The highest BCUT2D eigenvalue weighted by Gasteiger charge is 2.29. The Morgan fingerprint density at radius 3 is 2.59 bits per heavy atom. The van der Waals surface area contributed by atoms with Gasteiger partial charge in [0.2, 0.25) is 0 Å². The summed E-state index contributed by atoms with van der Waals surface area (Å²) in [5, 5.41) is 7.83. The standard InChI is InChI=1S/C23H23N3O3/c1-15(17-9-10-21-22(13-17)29-12-11-28-21)24-23(27)20-14-19(16-7-8-16)25-26(20)18-5-3-2-4-6-18/h2-6,9-10,13-16H,7-8,11-12H2,1H3,(H,24,27)/t15-/m0/s1. The van der Waals surface area contributed by atoms with Crippen LogP contribution in [0.4, 0.5) is 0 Å². The van der Waals surface area contributed by atoms with Crippen molar-refractivity contribution in [1.82, 2.24) is 15.1 Å².